The van der Waals surface area contributed by atoms with Crippen molar-refractivity contribution >= 4 is 43.6 Å². The van der Waals surface area contributed by atoms with E-state index < -0.39 is 0 Å². The van der Waals surface area contributed by atoms with E-state index in [4.69, 9.17) is 0 Å². The molecule has 1 nitrogen and oxygen atoms in total. The molecular weight excluding hydrogens is 222 g/mol. The summed E-state index contributed by atoms with van der Waals surface area (Å²) in [6.07, 6.45) is 0. The van der Waals surface area contributed by atoms with Gasteiger partial charge >= 0.3 is 0 Å². The van der Waals surface area contributed by atoms with Crippen molar-refractivity contribution in [1.29, 1.82) is 0 Å². The third kappa shape index (κ3) is 2.43. The first-order valence-corrected chi connectivity index (χ1v) is 17.6. The van der Waals surface area contributed by atoms with Gasteiger partial charge in [0.25, 0.3) is 0 Å². The first kappa shape index (κ1) is 11.0. The van der Waals surface area contributed by atoms with Crippen molar-refractivity contribution in [1.82, 2.24) is 0 Å². The van der Waals surface area contributed by atoms with Crippen LogP contribution in [0.2, 0.25) is 0 Å². The van der Waals surface area contributed by atoms with Gasteiger partial charge in [0.1, 0.15) is 0 Å². The lowest BCUT2D eigenvalue weighted by molar-refractivity contribution is 1.32. The third-order valence-electron chi connectivity index (χ3n) is 2.68. The van der Waals surface area contributed by atoms with Gasteiger partial charge in [0.15, 0.2) is 0 Å². The first-order chi connectivity index (χ1) is 6.20. The second kappa shape index (κ2) is 4.94. The van der Waals surface area contributed by atoms with Gasteiger partial charge in [0.2, 0.25) is 0 Å². The molecule has 0 aromatic heterocycles. The molecule has 0 heterocycles. The van der Waals surface area contributed by atoms with Crippen LogP contribution in [0, 0.1) is 13.8 Å². The van der Waals surface area contributed by atoms with E-state index in [1.165, 1.54) is 30.6 Å². The molecule has 0 spiro atoms. The van der Waals surface area contributed by atoms with Crippen LogP contribution < -0.4 is 4.23 Å². The molecule has 5 heteroatoms. The van der Waals surface area contributed by atoms with Crippen LogP contribution in [0.3, 0.4) is 0 Å². The number of rotatable bonds is 3. The van der Waals surface area contributed by atoms with E-state index in [0.717, 1.165) is 0 Å². The van der Waals surface area contributed by atoms with Gasteiger partial charge < -0.3 is 4.23 Å². The highest BCUT2D eigenvalue weighted by Gasteiger charge is 2.05. The minimum Gasteiger partial charge on any atom is -0.439 e. The molecule has 0 unspecified atom stereocenters. The van der Waals surface area contributed by atoms with Crippen LogP contribution in [0.25, 0.3) is 0 Å². The average Bonchev–Trinajstić information content (AvgIpc) is 2.14. The maximum atomic E-state index is 2.79. The topological polar surface area (TPSA) is 3.24 Å². The summed E-state index contributed by atoms with van der Waals surface area (Å²) in [6, 6.07) is 6.75. The van der Waals surface area contributed by atoms with Gasteiger partial charge in [0.05, 0.1) is 18.4 Å². The van der Waals surface area contributed by atoms with Crippen molar-refractivity contribution in [2.45, 2.75) is 13.8 Å². The molecule has 72 valence electrons. The molecule has 0 bridgehead atoms. The summed E-state index contributed by atoms with van der Waals surface area (Å²) in [5, 5.41) is 0. The highest BCUT2D eigenvalue weighted by atomic mass is 29.2. The minimum absolute atomic E-state index is 0.161. The smallest absolute Gasteiger partial charge is 0.0923 e. The zero-order chi connectivity index (χ0) is 9.84. The summed E-state index contributed by atoms with van der Waals surface area (Å²) in [5.41, 5.74) is 4.55. The molecule has 13 heavy (non-hydrogen) atoms. The highest BCUT2D eigenvalue weighted by Crippen LogP contribution is 2.20. The van der Waals surface area contributed by atoms with E-state index in [1.54, 1.807) is 5.69 Å². The van der Waals surface area contributed by atoms with Crippen LogP contribution in [0.1, 0.15) is 11.1 Å². The molecule has 0 aliphatic heterocycles. The predicted molar refractivity (Wildman–Crippen MR) is 75.4 cm³/mol. The van der Waals surface area contributed by atoms with Gasteiger partial charge in [-0.05, 0) is 31.0 Å². The van der Waals surface area contributed by atoms with Crippen LogP contribution in [0.15, 0.2) is 18.2 Å². The van der Waals surface area contributed by atoms with Crippen LogP contribution in [0.4, 0.5) is 5.69 Å². The Morgan fingerprint density at radius 3 is 2.31 bits per heavy atom. The van der Waals surface area contributed by atoms with Crippen LogP contribution in [0.5, 0.6) is 0 Å². The Hall–Kier alpha value is -0.112. The number of benzene rings is 1. The number of nitrogens with zero attached hydrogens (tertiary/aromatic N) is 1. The van der Waals surface area contributed by atoms with Crippen molar-refractivity contribution in [3.05, 3.63) is 29.3 Å². The average molecular weight is 242 g/mol. The van der Waals surface area contributed by atoms with Crippen molar-refractivity contribution in [3.63, 3.8) is 0 Å². The Morgan fingerprint density at radius 2 is 1.77 bits per heavy atom. The SMILES string of the molecule is Cc1cccc(N([SiH2][SiH3])[SiH2][SiH3])c1C. The fourth-order valence-electron chi connectivity index (χ4n) is 1.64. The molecule has 0 amide bonds. The monoisotopic (exact) mass is 241 g/mol. The molecule has 0 aliphatic rings. The number of anilines is 1. The summed E-state index contributed by atoms with van der Waals surface area (Å²) in [7, 11) is 3.19. The van der Waals surface area contributed by atoms with E-state index in [-0.39, 0.29) is 18.4 Å². The fourth-order valence-corrected chi connectivity index (χ4v) is 22.9. The molecule has 1 rings (SSSR count). The zero-order valence-electron chi connectivity index (χ0n) is 9.09. The van der Waals surface area contributed by atoms with E-state index in [1.807, 2.05) is 0 Å². The Morgan fingerprint density at radius 1 is 1.15 bits per heavy atom. The molecule has 0 N–H and O–H groups in total. The van der Waals surface area contributed by atoms with E-state index >= 15 is 0 Å². The Bertz CT molecular complexity index is 285. The van der Waals surface area contributed by atoms with Gasteiger partial charge in [-0.2, -0.15) is 0 Å². The second-order valence-corrected chi connectivity index (χ2v) is 10.9. The standard InChI is InChI=1S/C8H19NSi4/c1-6-4-3-5-8(7(6)2)9(12-10)13-11/h3-5H,12-13H2,1-2,10-11H3. The fraction of sp³-hybridized carbons (Fsp3) is 0.250. The molecule has 0 radical (unpaired) electrons. The van der Waals surface area contributed by atoms with E-state index in [9.17, 15) is 0 Å². The third-order valence-corrected chi connectivity index (χ3v) is 17.5. The maximum Gasteiger partial charge on any atom is 0.0923 e. The van der Waals surface area contributed by atoms with E-state index in [2.05, 4.69) is 36.3 Å². The number of hydrogen-bond donors (Lipinski definition) is 0. The van der Waals surface area contributed by atoms with Gasteiger partial charge in [-0.1, -0.05) is 12.1 Å². The summed E-state index contributed by atoms with van der Waals surface area (Å²) < 4.78 is 2.79. The lowest BCUT2D eigenvalue weighted by Gasteiger charge is -2.24. The first-order valence-electron chi connectivity index (χ1n) is 5.01. The maximum absolute atomic E-state index is 2.79. The number of aryl methyl sites for hydroxylation is 1. The van der Waals surface area contributed by atoms with Gasteiger partial charge in [0, 0.05) is 25.2 Å². The number of hydrogen-bond acceptors (Lipinski definition) is 1. The van der Waals surface area contributed by atoms with Crippen LogP contribution >= 0.6 is 0 Å². The summed E-state index contributed by atoms with van der Waals surface area (Å²) in [6.45, 7) is 4.50. The molecule has 0 aliphatic carbocycles. The quantitative estimate of drug-likeness (QED) is 0.545. The molecule has 0 atom stereocenters. The Balaban J connectivity index is 3.05. The Kier molecular flexibility index (Phi) is 4.17. The van der Waals surface area contributed by atoms with Crippen molar-refractivity contribution in [2.75, 3.05) is 4.23 Å². The largest absolute Gasteiger partial charge is 0.439 e. The van der Waals surface area contributed by atoms with Crippen molar-refractivity contribution < 1.29 is 0 Å². The van der Waals surface area contributed by atoms with Crippen LogP contribution in [-0.4, -0.2) is 37.9 Å². The summed E-state index contributed by atoms with van der Waals surface area (Å²) in [4.78, 5) is 0. The second-order valence-electron chi connectivity index (χ2n) is 3.39. The van der Waals surface area contributed by atoms with Crippen molar-refractivity contribution in [3.8, 4) is 0 Å². The molecule has 0 saturated carbocycles. The van der Waals surface area contributed by atoms with Gasteiger partial charge in [-0.25, -0.2) is 0 Å². The van der Waals surface area contributed by atoms with Crippen LogP contribution in [-0.2, 0) is 0 Å². The van der Waals surface area contributed by atoms with Gasteiger partial charge in [-0.15, -0.1) is 0 Å². The molecule has 1 aromatic rings. The highest BCUT2D eigenvalue weighted by molar-refractivity contribution is 7.05. The molecule has 0 fully saturated rings. The predicted octanol–water partition coefficient (Wildman–Crippen LogP) is -2.16. The lowest BCUT2D eigenvalue weighted by atomic mass is 10.1. The Labute approximate surface area is 91.1 Å². The van der Waals surface area contributed by atoms with Crippen molar-refractivity contribution in [2.24, 2.45) is 0 Å². The van der Waals surface area contributed by atoms with E-state index in [0.29, 0.717) is 0 Å². The summed E-state index contributed by atoms with van der Waals surface area (Å²) >= 11 is 0. The minimum atomic E-state index is 0.161. The molecule has 0 saturated heterocycles. The van der Waals surface area contributed by atoms with Gasteiger partial charge in [-0.3, -0.25) is 0 Å². The zero-order valence-corrected chi connectivity index (χ0v) is 15.9. The summed E-state index contributed by atoms with van der Waals surface area (Å²) in [5.74, 6) is 0. The lowest BCUT2D eigenvalue weighted by Crippen LogP contribution is -2.33. The normalized spacial score (nSPS) is 12.5. The molecular formula is C8H19NSi4. The molecule has 1 aromatic carbocycles.